The molecule has 0 amide bonds. The molecule has 136 valence electrons. The van der Waals surface area contributed by atoms with Gasteiger partial charge in [-0.25, -0.2) is 9.78 Å². The highest BCUT2D eigenvalue weighted by Gasteiger charge is 2.11. The minimum Gasteiger partial charge on any atom is -0.486 e. The van der Waals surface area contributed by atoms with Crippen LogP contribution in [0.4, 0.5) is 0 Å². The first-order valence-corrected chi connectivity index (χ1v) is 8.52. The molecule has 0 saturated heterocycles. The van der Waals surface area contributed by atoms with E-state index in [0.717, 1.165) is 11.1 Å². The fraction of sp³-hybridized carbons (Fsp3) is 0.143. The summed E-state index contributed by atoms with van der Waals surface area (Å²) in [5.74, 6) is 1.87. The molecule has 0 radical (unpaired) electrons. The first-order chi connectivity index (χ1) is 13.3. The van der Waals surface area contributed by atoms with Crippen LogP contribution in [0, 0.1) is 0 Å². The van der Waals surface area contributed by atoms with Gasteiger partial charge in [-0.3, -0.25) is 0 Å². The average Bonchev–Trinajstić information content (AvgIpc) is 3.20. The van der Waals surface area contributed by atoms with Crippen molar-refractivity contribution in [1.29, 1.82) is 0 Å². The first-order valence-electron chi connectivity index (χ1n) is 8.52. The number of rotatable bonds is 5. The molecular formula is C21H17NO5. The summed E-state index contributed by atoms with van der Waals surface area (Å²) in [7, 11) is 0. The highest BCUT2D eigenvalue weighted by molar-refractivity contribution is 5.87. The number of fused-ring (bicyclic) bond motifs is 1. The highest BCUT2D eigenvalue weighted by atomic mass is 16.6. The van der Waals surface area contributed by atoms with Gasteiger partial charge in [-0.2, -0.15) is 0 Å². The molecule has 0 aliphatic carbocycles. The number of esters is 1. The summed E-state index contributed by atoms with van der Waals surface area (Å²) < 4.78 is 21.8. The number of ether oxygens (including phenoxy) is 3. The maximum absolute atomic E-state index is 11.9. The van der Waals surface area contributed by atoms with Gasteiger partial charge < -0.3 is 18.6 Å². The van der Waals surface area contributed by atoms with Crippen LogP contribution in [0.2, 0.25) is 0 Å². The minimum atomic E-state index is -0.482. The Bertz CT molecular complexity index is 962. The van der Waals surface area contributed by atoms with Gasteiger partial charge in [0.1, 0.15) is 13.2 Å². The van der Waals surface area contributed by atoms with E-state index in [9.17, 15) is 4.79 Å². The fourth-order valence-corrected chi connectivity index (χ4v) is 2.62. The zero-order valence-corrected chi connectivity index (χ0v) is 14.5. The quantitative estimate of drug-likeness (QED) is 0.506. The summed E-state index contributed by atoms with van der Waals surface area (Å²) in [6.45, 7) is 1.03. The second kappa shape index (κ2) is 7.78. The molecule has 0 unspecified atom stereocenters. The predicted molar refractivity (Wildman–Crippen MR) is 98.2 cm³/mol. The molecule has 1 aromatic heterocycles. The average molecular weight is 363 g/mol. The van der Waals surface area contributed by atoms with Crippen LogP contribution in [0.15, 0.2) is 65.2 Å². The van der Waals surface area contributed by atoms with E-state index in [1.165, 1.54) is 6.08 Å². The summed E-state index contributed by atoms with van der Waals surface area (Å²) in [4.78, 5) is 16.1. The summed E-state index contributed by atoms with van der Waals surface area (Å²) >= 11 is 0. The lowest BCUT2D eigenvalue weighted by molar-refractivity contribution is -0.139. The van der Waals surface area contributed by atoms with Gasteiger partial charge in [0.25, 0.3) is 0 Å². The Morgan fingerprint density at radius 1 is 1.07 bits per heavy atom. The van der Waals surface area contributed by atoms with Crippen LogP contribution >= 0.6 is 0 Å². The maximum Gasteiger partial charge on any atom is 0.331 e. The van der Waals surface area contributed by atoms with E-state index in [0.29, 0.717) is 36.4 Å². The molecule has 0 bridgehead atoms. The number of carbonyl (C=O) groups is 1. The standard InChI is InChI=1S/C21H17NO5/c23-21(9-7-15-6-8-17-18(12-15)25-11-10-24-17)26-14-20-22-13-19(27-20)16-4-2-1-3-5-16/h1-9,12-13H,10-11,14H2/b9-7+. The summed E-state index contributed by atoms with van der Waals surface area (Å²) in [5, 5.41) is 0. The van der Waals surface area contributed by atoms with Crippen LogP contribution in [0.25, 0.3) is 17.4 Å². The van der Waals surface area contributed by atoms with Crippen molar-refractivity contribution in [3.05, 3.63) is 72.3 Å². The van der Waals surface area contributed by atoms with E-state index in [1.807, 2.05) is 48.5 Å². The zero-order valence-electron chi connectivity index (χ0n) is 14.5. The minimum absolute atomic E-state index is 0.0306. The van der Waals surface area contributed by atoms with Crippen LogP contribution in [0.3, 0.4) is 0 Å². The molecule has 1 aliphatic heterocycles. The lowest BCUT2D eigenvalue weighted by atomic mass is 10.2. The lowest BCUT2D eigenvalue weighted by Gasteiger charge is -2.18. The molecular weight excluding hydrogens is 346 g/mol. The molecule has 0 fully saturated rings. The van der Waals surface area contributed by atoms with Crippen LogP contribution in [-0.4, -0.2) is 24.2 Å². The Hall–Kier alpha value is -3.54. The number of oxazole rings is 1. The van der Waals surface area contributed by atoms with Gasteiger partial charge in [-0.1, -0.05) is 36.4 Å². The molecule has 6 heteroatoms. The molecule has 2 heterocycles. The first kappa shape index (κ1) is 16.9. The molecule has 0 N–H and O–H groups in total. The number of aromatic nitrogens is 1. The molecule has 6 nitrogen and oxygen atoms in total. The molecule has 0 saturated carbocycles. The van der Waals surface area contributed by atoms with Gasteiger partial charge in [0.05, 0.1) is 6.20 Å². The SMILES string of the molecule is O=C(/C=C/c1ccc2c(c1)OCCO2)OCc1ncc(-c2ccccc2)o1. The Kier molecular flexibility index (Phi) is 4.87. The number of nitrogens with zero attached hydrogens (tertiary/aromatic N) is 1. The molecule has 0 atom stereocenters. The van der Waals surface area contributed by atoms with Gasteiger partial charge in [-0.05, 0) is 23.8 Å². The summed E-state index contributed by atoms with van der Waals surface area (Å²) in [5.41, 5.74) is 1.74. The summed E-state index contributed by atoms with van der Waals surface area (Å²) in [6.07, 6.45) is 4.63. The van der Waals surface area contributed by atoms with E-state index < -0.39 is 5.97 Å². The number of benzene rings is 2. The van der Waals surface area contributed by atoms with Gasteiger partial charge >= 0.3 is 5.97 Å². The van der Waals surface area contributed by atoms with Crippen LogP contribution in [0.1, 0.15) is 11.5 Å². The smallest absolute Gasteiger partial charge is 0.331 e. The van der Waals surface area contributed by atoms with Gasteiger partial charge in [0.15, 0.2) is 23.9 Å². The van der Waals surface area contributed by atoms with Crippen molar-refractivity contribution in [2.45, 2.75) is 6.61 Å². The fourth-order valence-electron chi connectivity index (χ4n) is 2.62. The number of carbonyl (C=O) groups excluding carboxylic acids is 1. The normalized spacial score (nSPS) is 12.9. The predicted octanol–water partition coefficient (Wildman–Crippen LogP) is 3.87. The van der Waals surface area contributed by atoms with Crippen molar-refractivity contribution in [3.63, 3.8) is 0 Å². The maximum atomic E-state index is 11.9. The third-order valence-electron chi connectivity index (χ3n) is 3.93. The van der Waals surface area contributed by atoms with Gasteiger partial charge in [-0.15, -0.1) is 0 Å². The van der Waals surface area contributed by atoms with Crippen molar-refractivity contribution >= 4 is 12.0 Å². The van der Waals surface area contributed by atoms with Crippen LogP contribution < -0.4 is 9.47 Å². The van der Waals surface area contributed by atoms with Gasteiger partial charge in [0, 0.05) is 11.6 Å². The monoisotopic (exact) mass is 363 g/mol. The molecule has 1 aliphatic rings. The Morgan fingerprint density at radius 3 is 2.74 bits per heavy atom. The van der Waals surface area contributed by atoms with E-state index >= 15 is 0 Å². The Morgan fingerprint density at radius 2 is 1.89 bits per heavy atom. The van der Waals surface area contributed by atoms with Crippen molar-refractivity contribution in [2.75, 3.05) is 13.2 Å². The Balaban J connectivity index is 1.33. The van der Waals surface area contributed by atoms with Crippen LogP contribution in [-0.2, 0) is 16.1 Å². The second-order valence-corrected chi connectivity index (χ2v) is 5.83. The highest BCUT2D eigenvalue weighted by Crippen LogP contribution is 2.31. The number of hydrogen-bond acceptors (Lipinski definition) is 6. The topological polar surface area (TPSA) is 70.8 Å². The van der Waals surface area contributed by atoms with E-state index in [4.69, 9.17) is 18.6 Å². The largest absolute Gasteiger partial charge is 0.486 e. The molecule has 2 aromatic carbocycles. The van der Waals surface area contributed by atoms with E-state index in [2.05, 4.69) is 4.98 Å². The number of hydrogen-bond donors (Lipinski definition) is 0. The molecule has 0 spiro atoms. The van der Waals surface area contributed by atoms with Crippen molar-refractivity contribution in [3.8, 4) is 22.8 Å². The third kappa shape index (κ3) is 4.17. The van der Waals surface area contributed by atoms with Gasteiger partial charge in [0.2, 0.25) is 5.89 Å². The third-order valence-corrected chi connectivity index (χ3v) is 3.93. The molecule has 27 heavy (non-hydrogen) atoms. The molecule has 3 aromatic rings. The Labute approximate surface area is 156 Å². The van der Waals surface area contributed by atoms with E-state index in [1.54, 1.807) is 12.3 Å². The van der Waals surface area contributed by atoms with E-state index in [-0.39, 0.29) is 6.61 Å². The second-order valence-electron chi connectivity index (χ2n) is 5.83. The van der Waals surface area contributed by atoms with Crippen molar-refractivity contribution < 1.29 is 23.4 Å². The van der Waals surface area contributed by atoms with Crippen LogP contribution in [0.5, 0.6) is 11.5 Å². The lowest BCUT2D eigenvalue weighted by Crippen LogP contribution is -2.15. The zero-order chi connectivity index (χ0) is 18.5. The summed E-state index contributed by atoms with van der Waals surface area (Å²) in [6, 6.07) is 15.1. The van der Waals surface area contributed by atoms with Crippen molar-refractivity contribution in [2.24, 2.45) is 0 Å². The molecule has 4 rings (SSSR count). The van der Waals surface area contributed by atoms with Crippen molar-refractivity contribution in [1.82, 2.24) is 4.98 Å².